The van der Waals surface area contributed by atoms with Crippen LogP contribution in [0.1, 0.15) is 17.7 Å². The van der Waals surface area contributed by atoms with Crippen molar-refractivity contribution in [2.24, 2.45) is 5.73 Å². The molecule has 0 fully saturated rings. The largest absolute Gasteiger partial charge is 0.376 e. The zero-order valence-corrected chi connectivity index (χ0v) is 7.98. The first-order valence-corrected chi connectivity index (χ1v) is 5.11. The van der Waals surface area contributed by atoms with E-state index in [-0.39, 0.29) is 0 Å². The lowest BCUT2D eigenvalue weighted by Gasteiger charge is -2.00. The molecule has 0 spiro atoms. The van der Waals surface area contributed by atoms with Crippen LogP contribution in [0.25, 0.3) is 0 Å². The van der Waals surface area contributed by atoms with Gasteiger partial charge in [0.25, 0.3) is 0 Å². The van der Waals surface area contributed by atoms with Crippen molar-refractivity contribution in [3.63, 3.8) is 0 Å². The molecule has 2 nitrogen and oxygen atoms in total. The molecule has 2 N–H and O–H groups in total. The molecule has 0 radical (unpaired) electrons. The molecule has 0 aromatic carbocycles. The van der Waals surface area contributed by atoms with E-state index >= 15 is 0 Å². The molecule has 0 atom stereocenters. The number of hydrogen-bond acceptors (Lipinski definition) is 3. The van der Waals surface area contributed by atoms with E-state index in [1.165, 1.54) is 4.88 Å². The molecule has 1 heterocycles. The Kier molecular flexibility index (Phi) is 4.99. The molecule has 1 rings (SSSR count). The molecule has 0 bridgehead atoms. The minimum atomic E-state index is 0.752. The lowest BCUT2D eigenvalue weighted by molar-refractivity contribution is 0.119. The Labute approximate surface area is 77.3 Å². The zero-order valence-electron chi connectivity index (χ0n) is 7.16. The van der Waals surface area contributed by atoms with E-state index in [1.807, 2.05) is 6.07 Å². The highest BCUT2D eigenvalue weighted by Crippen LogP contribution is 2.09. The number of nitrogens with two attached hydrogens (primary N) is 1. The van der Waals surface area contributed by atoms with Gasteiger partial charge in [0.2, 0.25) is 0 Å². The van der Waals surface area contributed by atoms with Crippen LogP contribution in [0, 0.1) is 0 Å². The second-order valence-electron chi connectivity index (χ2n) is 2.63. The van der Waals surface area contributed by atoms with E-state index in [1.54, 1.807) is 11.3 Å². The quantitative estimate of drug-likeness (QED) is 0.688. The lowest BCUT2D eigenvalue weighted by atomic mass is 10.3. The van der Waals surface area contributed by atoms with Crippen molar-refractivity contribution >= 4 is 11.3 Å². The fraction of sp³-hybridized carbons (Fsp3) is 0.556. The van der Waals surface area contributed by atoms with Crippen LogP contribution < -0.4 is 5.73 Å². The molecule has 12 heavy (non-hydrogen) atoms. The average molecular weight is 185 g/mol. The van der Waals surface area contributed by atoms with Crippen LogP contribution in [0.15, 0.2) is 17.5 Å². The van der Waals surface area contributed by atoms with Gasteiger partial charge in [-0.25, -0.2) is 0 Å². The van der Waals surface area contributed by atoms with Gasteiger partial charge in [0.1, 0.15) is 0 Å². The van der Waals surface area contributed by atoms with Gasteiger partial charge in [-0.2, -0.15) is 0 Å². The maximum atomic E-state index is 5.43. The van der Waals surface area contributed by atoms with Crippen LogP contribution in [-0.4, -0.2) is 13.2 Å². The van der Waals surface area contributed by atoms with Gasteiger partial charge < -0.3 is 10.5 Å². The van der Waals surface area contributed by atoms with Gasteiger partial charge in [-0.15, -0.1) is 11.3 Å². The van der Waals surface area contributed by atoms with Gasteiger partial charge in [-0.3, -0.25) is 0 Å². The highest BCUT2D eigenvalue weighted by Gasteiger charge is 1.92. The highest BCUT2D eigenvalue weighted by atomic mass is 32.1. The van der Waals surface area contributed by atoms with Crippen molar-refractivity contribution in [2.45, 2.75) is 19.4 Å². The van der Waals surface area contributed by atoms with Crippen LogP contribution in [0.3, 0.4) is 0 Å². The average Bonchev–Trinajstić information content (AvgIpc) is 2.57. The monoisotopic (exact) mass is 185 g/mol. The highest BCUT2D eigenvalue weighted by molar-refractivity contribution is 7.09. The molecule has 0 aliphatic carbocycles. The number of hydrogen-bond donors (Lipinski definition) is 1. The standard InChI is InChI=1S/C9H15NOS/c10-5-1-2-6-11-8-9-4-3-7-12-9/h3-4,7H,1-2,5-6,8,10H2. The van der Waals surface area contributed by atoms with Crippen molar-refractivity contribution in [1.82, 2.24) is 0 Å². The third-order valence-corrected chi connectivity index (χ3v) is 2.42. The summed E-state index contributed by atoms with van der Waals surface area (Å²) < 4.78 is 5.43. The fourth-order valence-electron chi connectivity index (χ4n) is 0.916. The number of ether oxygens (including phenoxy) is 1. The molecule has 1 aromatic heterocycles. The Balaban J connectivity index is 1.96. The summed E-state index contributed by atoms with van der Waals surface area (Å²) in [5, 5.41) is 2.07. The number of rotatable bonds is 6. The predicted molar refractivity (Wildman–Crippen MR) is 52.3 cm³/mol. The summed E-state index contributed by atoms with van der Waals surface area (Å²) in [5.74, 6) is 0. The summed E-state index contributed by atoms with van der Waals surface area (Å²) in [6, 6.07) is 4.14. The van der Waals surface area contributed by atoms with Crippen LogP contribution in [0.4, 0.5) is 0 Å². The third-order valence-electron chi connectivity index (χ3n) is 1.57. The van der Waals surface area contributed by atoms with Gasteiger partial charge in [0, 0.05) is 11.5 Å². The van der Waals surface area contributed by atoms with Crippen molar-refractivity contribution in [1.29, 1.82) is 0 Å². The fourth-order valence-corrected chi connectivity index (χ4v) is 1.56. The molecular formula is C9H15NOS. The Bertz CT molecular complexity index is 186. The summed E-state index contributed by atoms with van der Waals surface area (Å²) in [7, 11) is 0. The van der Waals surface area contributed by atoms with Crippen LogP contribution in [0.5, 0.6) is 0 Å². The molecule has 0 aliphatic heterocycles. The maximum Gasteiger partial charge on any atom is 0.0809 e. The van der Waals surface area contributed by atoms with E-state index < -0.39 is 0 Å². The van der Waals surface area contributed by atoms with E-state index in [0.29, 0.717) is 0 Å². The minimum absolute atomic E-state index is 0.752. The van der Waals surface area contributed by atoms with Gasteiger partial charge in [0.05, 0.1) is 6.61 Å². The van der Waals surface area contributed by atoms with E-state index in [4.69, 9.17) is 10.5 Å². The molecule has 0 unspecified atom stereocenters. The zero-order chi connectivity index (χ0) is 8.65. The third kappa shape index (κ3) is 3.85. The molecule has 0 saturated carbocycles. The van der Waals surface area contributed by atoms with Crippen LogP contribution >= 0.6 is 11.3 Å². The van der Waals surface area contributed by atoms with E-state index in [0.717, 1.165) is 32.6 Å². The summed E-state index contributed by atoms with van der Waals surface area (Å²) in [6.45, 7) is 2.35. The second-order valence-corrected chi connectivity index (χ2v) is 3.66. The smallest absolute Gasteiger partial charge is 0.0809 e. The van der Waals surface area contributed by atoms with Crippen molar-refractivity contribution < 1.29 is 4.74 Å². The lowest BCUT2D eigenvalue weighted by Crippen LogP contribution is -2.01. The summed E-state index contributed by atoms with van der Waals surface area (Å²) in [5.41, 5.74) is 5.35. The van der Waals surface area contributed by atoms with Gasteiger partial charge in [-0.1, -0.05) is 6.07 Å². The van der Waals surface area contributed by atoms with E-state index in [9.17, 15) is 0 Å². The Morgan fingerprint density at radius 1 is 1.42 bits per heavy atom. The van der Waals surface area contributed by atoms with Gasteiger partial charge in [-0.05, 0) is 30.8 Å². The molecule has 3 heteroatoms. The number of unbranched alkanes of at least 4 members (excludes halogenated alkanes) is 1. The first kappa shape index (κ1) is 9.71. The Hall–Kier alpha value is -0.380. The first-order valence-electron chi connectivity index (χ1n) is 4.23. The molecular weight excluding hydrogens is 170 g/mol. The topological polar surface area (TPSA) is 35.2 Å². The molecule has 0 saturated heterocycles. The first-order chi connectivity index (χ1) is 5.93. The van der Waals surface area contributed by atoms with Crippen molar-refractivity contribution in [3.05, 3.63) is 22.4 Å². The number of thiophene rings is 1. The predicted octanol–water partition coefficient (Wildman–Crippen LogP) is 2.00. The molecule has 0 amide bonds. The van der Waals surface area contributed by atoms with Crippen molar-refractivity contribution in [2.75, 3.05) is 13.2 Å². The van der Waals surface area contributed by atoms with Crippen molar-refractivity contribution in [3.8, 4) is 0 Å². The molecule has 68 valence electrons. The van der Waals surface area contributed by atoms with Gasteiger partial charge >= 0.3 is 0 Å². The summed E-state index contributed by atoms with van der Waals surface area (Å²) in [6.07, 6.45) is 2.13. The van der Waals surface area contributed by atoms with Gasteiger partial charge in [0.15, 0.2) is 0 Å². The Morgan fingerprint density at radius 3 is 3.00 bits per heavy atom. The SMILES string of the molecule is NCCCCOCc1cccs1. The van der Waals surface area contributed by atoms with E-state index in [2.05, 4.69) is 11.4 Å². The molecule has 0 aliphatic rings. The maximum absolute atomic E-state index is 5.43. The summed E-state index contributed by atoms with van der Waals surface area (Å²) >= 11 is 1.74. The van der Waals surface area contributed by atoms with Crippen LogP contribution in [-0.2, 0) is 11.3 Å². The Morgan fingerprint density at radius 2 is 2.33 bits per heavy atom. The molecule has 1 aromatic rings. The second kappa shape index (κ2) is 6.17. The van der Waals surface area contributed by atoms with Crippen LogP contribution in [0.2, 0.25) is 0 Å². The minimum Gasteiger partial charge on any atom is -0.376 e. The summed E-state index contributed by atoms with van der Waals surface area (Å²) in [4.78, 5) is 1.29. The normalized spacial score (nSPS) is 10.4.